The number of anilines is 1. The number of carbonyl (C=O) groups excluding carboxylic acids is 3. The van der Waals surface area contributed by atoms with Gasteiger partial charge in [-0.15, -0.1) is 0 Å². The van der Waals surface area contributed by atoms with Crippen molar-refractivity contribution >= 4 is 40.4 Å². The minimum atomic E-state index is -0.646. The van der Waals surface area contributed by atoms with Crippen LogP contribution in [0.25, 0.3) is 0 Å². The SMILES string of the molecule is CCc1ccc(N2C(=O)/C(=C/C(=O)OC)SC2=NC(=O)c2ccccc2)cc1. The minimum Gasteiger partial charge on any atom is -0.466 e. The zero-order chi connectivity index (χ0) is 20.1. The maximum Gasteiger partial charge on any atom is 0.331 e. The number of amidine groups is 1. The van der Waals surface area contributed by atoms with Gasteiger partial charge in [0.2, 0.25) is 0 Å². The highest BCUT2D eigenvalue weighted by Crippen LogP contribution is 2.35. The smallest absolute Gasteiger partial charge is 0.331 e. The van der Waals surface area contributed by atoms with E-state index in [0.717, 1.165) is 29.8 Å². The largest absolute Gasteiger partial charge is 0.466 e. The summed E-state index contributed by atoms with van der Waals surface area (Å²) in [4.78, 5) is 42.6. The average Bonchev–Trinajstić information content (AvgIpc) is 3.03. The lowest BCUT2D eigenvalue weighted by Gasteiger charge is -2.15. The lowest BCUT2D eigenvalue weighted by atomic mass is 10.1. The molecule has 0 atom stereocenters. The van der Waals surface area contributed by atoms with Gasteiger partial charge in [0.05, 0.1) is 17.7 Å². The first-order chi connectivity index (χ1) is 13.5. The van der Waals surface area contributed by atoms with Crippen LogP contribution in [0.5, 0.6) is 0 Å². The summed E-state index contributed by atoms with van der Waals surface area (Å²) in [5.74, 6) is -1.54. The second-order valence-electron chi connectivity index (χ2n) is 5.86. The summed E-state index contributed by atoms with van der Waals surface area (Å²) in [5, 5.41) is 0.193. The van der Waals surface area contributed by atoms with Crippen molar-refractivity contribution in [1.29, 1.82) is 0 Å². The number of aliphatic imine (C=N–C) groups is 1. The van der Waals surface area contributed by atoms with Crippen LogP contribution >= 0.6 is 11.8 Å². The zero-order valence-electron chi connectivity index (χ0n) is 15.4. The first-order valence-electron chi connectivity index (χ1n) is 8.62. The van der Waals surface area contributed by atoms with E-state index in [1.54, 1.807) is 42.5 Å². The molecule has 0 bridgehead atoms. The number of benzene rings is 2. The number of methoxy groups -OCH3 is 1. The molecular weight excluding hydrogens is 376 g/mol. The number of hydrogen-bond donors (Lipinski definition) is 0. The third-order valence-electron chi connectivity index (χ3n) is 4.08. The number of aryl methyl sites for hydroxylation is 1. The zero-order valence-corrected chi connectivity index (χ0v) is 16.2. The van der Waals surface area contributed by atoms with Gasteiger partial charge in [0.15, 0.2) is 5.17 Å². The lowest BCUT2D eigenvalue weighted by Crippen LogP contribution is -2.29. The van der Waals surface area contributed by atoms with Crippen LogP contribution in [0.2, 0.25) is 0 Å². The molecule has 3 rings (SSSR count). The van der Waals surface area contributed by atoms with Crippen LogP contribution in [0, 0.1) is 0 Å². The summed E-state index contributed by atoms with van der Waals surface area (Å²) >= 11 is 0.964. The monoisotopic (exact) mass is 394 g/mol. The summed E-state index contributed by atoms with van der Waals surface area (Å²) in [6.07, 6.45) is 1.97. The third kappa shape index (κ3) is 4.20. The van der Waals surface area contributed by atoms with Gasteiger partial charge < -0.3 is 4.74 Å². The van der Waals surface area contributed by atoms with E-state index in [2.05, 4.69) is 9.73 Å². The number of hydrogen-bond acceptors (Lipinski definition) is 5. The summed E-state index contributed by atoms with van der Waals surface area (Å²) < 4.78 is 4.61. The van der Waals surface area contributed by atoms with Crippen molar-refractivity contribution in [2.45, 2.75) is 13.3 Å². The number of carbonyl (C=O) groups is 3. The van der Waals surface area contributed by atoms with Crippen molar-refractivity contribution in [3.8, 4) is 0 Å². The molecule has 0 radical (unpaired) electrons. The highest BCUT2D eigenvalue weighted by atomic mass is 32.2. The Hall–Kier alpha value is -3.19. The Labute approximate surface area is 166 Å². The molecule has 1 aliphatic rings. The Morgan fingerprint density at radius 1 is 1.11 bits per heavy atom. The van der Waals surface area contributed by atoms with E-state index in [4.69, 9.17) is 0 Å². The number of nitrogens with zero attached hydrogens (tertiary/aromatic N) is 2. The quantitative estimate of drug-likeness (QED) is 0.585. The van der Waals surface area contributed by atoms with E-state index >= 15 is 0 Å². The van der Waals surface area contributed by atoms with Gasteiger partial charge in [-0.05, 0) is 48.0 Å². The summed E-state index contributed by atoms with van der Waals surface area (Å²) in [6, 6.07) is 16.0. The molecule has 0 unspecified atom stereocenters. The molecular formula is C21H18N2O4S. The summed E-state index contributed by atoms with van der Waals surface area (Å²) in [7, 11) is 1.23. The fraction of sp³-hybridized carbons (Fsp3) is 0.143. The molecule has 142 valence electrons. The highest BCUT2D eigenvalue weighted by Gasteiger charge is 2.36. The van der Waals surface area contributed by atoms with Crippen LogP contribution < -0.4 is 4.90 Å². The van der Waals surface area contributed by atoms with Crippen LogP contribution in [-0.4, -0.2) is 30.1 Å². The molecule has 2 amide bonds. The fourth-order valence-corrected chi connectivity index (χ4v) is 3.49. The minimum absolute atomic E-state index is 0.144. The predicted octanol–water partition coefficient (Wildman–Crippen LogP) is 3.58. The van der Waals surface area contributed by atoms with E-state index < -0.39 is 17.8 Å². The second-order valence-corrected chi connectivity index (χ2v) is 6.87. The first kappa shape index (κ1) is 19.6. The van der Waals surface area contributed by atoms with Gasteiger partial charge in [-0.1, -0.05) is 37.3 Å². The molecule has 0 aromatic heterocycles. The van der Waals surface area contributed by atoms with Crippen LogP contribution in [0.15, 0.2) is 70.6 Å². The maximum absolute atomic E-state index is 12.9. The number of rotatable bonds is 4. The molecule has 2 aromatic carbocycles. The molecule has 6 nitrogen and oxygen atoms in total. The van der Waals surface area contributed by atoms with Crippen LogP contribution in [-0.2, 0) is 20.7 Å². The van der Waals surface area contributed by atoms with Crippen molar-refractivity contribution in [2.75, 3.05) is 12.0 Å². The van der Waals surface area contributed by atoms with E-state index in [0.29, 0.717) is 11.3 Å². The van der Waals surface area contributed by atoms with Gasteiger partial charge in [-0.25, -0.2) is 4.79 Å². The number of ether oxygens (including phenoxy) is 1. The molecule has 1 heterocycles. The molecule has 28 heavy (non-hydrogen) atoms. The van der Waals surface area contributed by atoms with Crippen LogP contribution in [0.1, 0.15) is 22.8 Å². The van der Waals surface area contributed by atoms with E-state index in [9.17, 15) is 14.4 Å². The highest BCUT2D eigenvalue weighted by molar-refractivity contribution is 8.19. The number of thioether (sulfide) groups is 1. The lowest BCUT2D eigenvalue weighted by molar-refractivity contribution is -0.135. The van der Waals surface area contributed by atoms with Crippen LogP contribution in [0.3, 0.4) is 0 Å². The van der Waals surface area contributed by atoms with Crippen molar-refractivity contribution in [2.24, 2.45) is 4.99 Å². The Kier molecular flexibility index (Phi) is 6.06. The van der Waals surface area contributed by atoms with Gasteiger partial charge in [-0.2, -0.15) is 4.99 Å². The van der Waals surface area contributed by atoms with E-state index in [1.807, 2.05) is 19.1 Å². The molecule has 1 aliphatic heterocycles. The van der Waals surface area contributed by atoms with Gasteiger partial charge >= 0.3 is 5.97 Å². The molecule has 0 N–H and O–H groups in total. The summed E-state index contributed by atoms with van der Waals surface area (Å²) in [6.45, 7) is 2.04. The predicted molar refractivity (Wildman–Crippen MR) is 109 cm³/mol. The average molecular weight is 394 g/mol. The van der Waals surface area contributed by atoms with Crippen molar-refractivity contribution in [3.63, 3.8) is 0 Å². The summed E-state index contributed by atoms with van der Waals surface area (Å²) in [5.41, 5.74) is 2.10. The molecule has 1 fully saturated rings. The maximum atomic E-state index is 12.9. The Balaban J connectivity index is 2.01. The van der Waals surface area contributed by atoms with E-state index in [-0.39, 0.29) is 10.1 Å². The normalized spacial score (nSPS) is 16.6. The molecule has 7 heteroatoms. The Morgan fingerprint density at radius 3 is 2.39 bits per heavy atom. The topological polar surface area (TPSA) is 76.0 Å². The van der Waals surface area contributed by atoms with Gasteiger partial charge in [-0.3, -0.25) is 14.5 Å². The first-order valence-corrected chi connectivity index (χ1v) is 9.44. The van der Waals surface area contributed by atoms with Crippen molar-refractivity contribution < 1.29 is 19.1 Å². The van der Waals surface area contributed by atoms with Crippen LogP contribution in [0.4, 0.5) is 5.69 Å². The fourth-order valence-electron chi connectivity index (χ4n) is 2.56. The number of amides is 2. The molecule has 0 aliphatic carbocycles. The van der Waals surface area contributed by atoms with Crippen molar-refractivity contribution in [3.05, 3.63) is 76.7 Å². The number of esters is 1. The third-order valence-corrected chi connectivity index (χ3v) is 5.05. The molecule has 1 saturated heterocycles. The standard InChI is InChI=1S/C21H18N2O4S/c1-3-14-9-11-16(12-10-14)23-20(26)17(13-18(24)27-2)28-21(23)22-19(25)15-7-5-4-6-8-15/h4-13H,3H2,1-2H3/b17-13-,22-21?. The van der Waals surface area contributed by atoms with Crippen molar-refractivity contribution in [1.82, 2.24) is 0 Å². The Morgan fingerprint density at radius 2 is 1.79 bits per heavy atom. The van der Waals surface area contributed by atoms with Gasteiger partial charge in [0.1, 0.15) is 0 Å². The van der Waals surface area contributed by atoms with E-state index in [1.165, 1.54) is 12.0 Å². The van der Waals surface area contributed by atoms with Gasteiger partial charge in [0.25, 0.3) is 11.8 Å². The molecule has 0 spiro atoms. The second kappa shape index (κ2) is 8.67. The Bertz CT molecular complexity index is 966. The van der Waals surface area contributed by atoms with Gasteiger partial charge in [0, 0.05) is 11.6 Å². The molecule has 2 aromatic rings. The molecule has 0 saturated carbocycles.